The Kier molecular flexibility index (Phi) is 1.73. The fraction of sp³-hybridized carbons (Fsp3) is 0.125. The van der Waals surface area contributed by atoms with Crippen LogP contribution in [0.4, 0.5) is 17.6 Å². The molecule has 14 heavy (non-hydrogen) atoms. The second-order valence-electron chi connectivity index (χ2n) is 2.75. The molecule has 0 radical (unpaired) electrons. The molecule has 2 nitrogen and oxygen atoms in total. The third kappa shape index (κ3) is 1.43. The van der Waals surface area contributed by atoms with E-state index in [0.29, 0.717) is 0 Å². The molecule has 0 fully saturated rings. The first-order chi connectivity index (χ1) is 6.47. The highest BCUT2D eigenvalue weighted by atomic mass is 19.4. The lowest BCUT2D eigenvalue weighted by Crippen LogP contribution is -2.06. The Bertz CT molecular complexity index is 472. The van der Waals surface area contributed by atoms with E-state index in [1.807, 2.05) is 0 Å². The van der Waals surface area contributed by atoms with Crippen LogP contribution in [0.25, 0.3) is 5.52 Å². The molecule has 74 valence electrons. The molecular weight excluding hydrogens is 200 g/mol. The van der Waals surface area contributed by atoms with Gasteiger partial charge in [-0.2, -0.15) is 17.6 Å². The number of halogens is 4. The maximum Gasteiger partial charge on any atom is 0.417 e. The summed E-state index contributed by atoms with van der Waals surface area (Å²) in [5.41, 5.74) is -0.566. The Labute approximate surface area is 75.8 Å². The van der Waals surface area contributed by atoms with Crippen molar-refractivity contribution in [3.8, 4) is 0 Å². The molecule has 0 aromatic carbocycles. The van der Waals surface area contributed by atoms with Crippen LogP contribution in [0.1, 0.15) is 5.56 Å². The summed E-state index contributed by atoms with van der Waals surface area (Å²) in [7, 11) is 0. The van der Waals surface area contributed by atoms with Crippen LogP contribution in [-0.2, 0) is 6.18 Å². The molecular formula is C8H4F4N2. The first-order valence-electron chi connectivity index (χ1n) is 3.69. The smallest absolute Gasteiger partial charge is 0.237 e. The van der Waals surface area contributed by atoms with Gasteiger partial charge in [0.05, 0.1) is 11.1 Å². The average molecular weight is 204 g/mol. The van der Waals surface area contributed by atoms with Crippen molar-refractivity contribution in [2.45, 2.75) is 6.18 Å². The van der Waals surface area contributed by atoms with Crippen molar-refractivity contribution in [1.82, 2.24) is 9.61 Å². The summed E-state index contributed by atoms with van der Waals surface area (Å²) >= 11 is 0. The number of hydrogen-bond acceptors (Lipinski definition) is 1. The van der Waals surface area contributed by atoms with Crippen molar-refractivity contribution in [2.75, 3.05) is 0 Å². The Hall–Kier alpha value is -1.59. The Morgan fingerprint density at radius 1 is 1.21 bits per heavy atom. The minimum absolute atomic E-state index is 0.288. The molecule has 2 aromatic rings. The molecule has 2 rings (SSSR count). The van der Waals surface area contributed by atoms with Gasteiger partial charge in [0.25, 0.3) is 0 Å². The van der Waals surface area contributed by atoms with Gasteiger partial charge >= 0.3 is 6.18 Å². The van der Waals surface area contributed by atoms with Gasteiger partial charge in [-0.25, -0.2) is 4.52 Å². The number of fused-ring (bicyclic) bond motifs is 1. The van der Waals surface area contributed by atoms with Gasteiger partial charge in [0, 0.05) is 12.3 Å². The third-order valence-corrected chi connectivity index (χ3v) is 1.76. The minimum atomic E-state index is -4.43. The number of nitrogens with zero attached hydrogens (tertiary/aromatic N) is 2. The second kappa shape index (κ2) is 2.70. The van der Waals surface area contributed by atoms with Crippen LogP contribution in [0.2, 0.25) is 0 Å². The number of rotatable bonds is 0. The molecule has 0 aliphatic heterocycles. The number of aromatic nitrogens is 2. The lowest BCUT2D eigenvalue weighted by molar-refractivity contribution is -0.137. The second-order valence-corrected chi connectivity index (χ2v) is 2.75. The molecule has 0 saturated carbocycles. The zero-order chi connectivity index (χ0) is 10.3. The maximum absolute atomic E-state index is 12.5. The van der Waals surface area contributed by atoms with E-state index in [9.17, 15) is 17.6 Å². The summed E-state index contributed by atoms with van der Waals surface area (Å²) < 4.78 is 50.0. The zero-order valence-corrected chi connectivity index (χ0v) is 6.72. The van der Waals surface area contributed by atoms with E-state index in [1.54, 1.807) is 0 Å². The number of hydrogen-bond donors (Lipinski definition) is 0. The van der Waals surface area contributed by atoms with Crippen molar-refractivity contribution < 1.29 is 17.6 Å². The van der Waals surface area contributed by atoms with Crippen molar-refractivity contribution in [1.29, 1.82) is 0 Å². The molecule has 0 saturated heterocycles. The highest BCUT2D eigenvalue weighted by Gasteiger charge is 2.30. The van der Waals surface area contributed by atoms with Crippen molar-refractivity contribution in [2.24, 2.45) is 0 Å². The van der Waals surface area contributed by atoms with Gasteiger partial charge in [0.15, 0.2) is 0 Å². The summed E-state index contributed by atoms with van der Waals surface area (Å²) in [6, 6.07) is 3.11. The van der Waals surface area contributed by atoms with Crippen LogP contribution >= 0.6 is 0 Å². The summed E-state index contributed by atoms with van der Waals surface area (Å²) in [6.45, 7) is 0. The van der Waals surface area contributed by atoms with Gasteiger partial charge in [-0.3, -0.25) is 0 Å². The summed E-state index contributed by atoms with van der Waals surface area (Å²) in [5, 5.41) is 3.24. The lowest BCUT2D eigenvalue weighted by Gasteiger charge is -2.05. The molecule has 0 bridgehead atoms. The van der Waals surface area contributed by atoms with E-state index >= 15 is 0 Å². The minimum Gasteiger partial charge on any atom is -0.237 e. The van der Waals surface area contributed by atoms with Crippen LogP contribution in [0.3, 0.4) is 0 Å². The molecule has 6 heteroatoms. The van der Waals surface area contributed by atoms with Crippen molar-refractivity contribution in [3.05, 3.63) is 35.9 Å². The lowest BCUT2D eigenvalue weighted by atomic mass is 10.2. The first-order valence-corrected chi connectivity index (χ1v) is 3.69. The van der Waals surface area contributed by atoms with Gasteiger partial charge in [-0.15, -0.1) is 5.10 Å². The molecule has 0 aliphatic carbocycles. The average Bonchev–Trinajstić information content (AvgIpc) is 2.41. The Balaban J connectivity index is 2.62. The molecule has 0 aliphatic rings. The summed E-state index contributed by atoms with van der Waals surface area (Å²) in [4.78, 5) is 0. The van der Waals surface area contributed by atoms with Crippen molar-refractivity contribution >= 4 is 5.52 Å². The van der Waals surface area contributed by atoms with E-state index < -0.39 is 17.7 Å². The fourth-order valence-electron chi connectivity index (χ4n) is 1.12. The van der Waals surface area contributed by atoms with Crippen LogP contribution < -0.4 is 0 Å². The van der Waals surface area contributed by atoms with Crippen molar-refractivity contribution in [3.63, 3.8) is 0 Å². The monoisotopic (exact) mass is 204 g/mol. The largest absolute Gasteiger partial charge is 0.417 e. The summed E-state index contributed by atoms with van der Waals surface area (Å²) in [5.74, 6) is -0.802. The van der Waals surface area contributed by atoms with E-state index in [4.69, 9.17) is 0 Å². The quantitative estimate of drug-likeness (QED) is 0.602. The zero-order valence-electron chi connectivity index (χ0n) is 6.72. The molecule has 2 aromatic heterocycles. The van der Waals surface area contributed by atoms with Crippen LogP contribution in [0, 0.1) is 5.95 Å². The van der Waals surface area contributed by atoms with Crippen LogP contribution in [-0.4, -0.2) is 9.61 Å². The highest BCUT2D eigenvalue weighted by Crippen LogP contribution is 2.29. The Morgan fingerprint density at radius 2 is 1.93 bits per heavy atom. The predicted molar refractivity (Wildman–Crippen MR) is 40.2 cm³/mol. The molecule has 0 unspecified atom stereocenters. The van der Waals surface area contributed by atoms with Crippen LogP contribution in [0.5, 0.6) is 0 Å². The fourth-order valence-corrected chi connectivity index (χ4v) is 1.12. The first kappa shape index (κ1) is 8.98. The van der Waals surface area contributed by atoms with E-state index in [2.05, 4.69) is 5.10 Å². The number of alkyl halides is 3. The summed E-state index contributed by atoms with van der Waals surface area (Å²) in [6.07, 6.45) is -3.69. The third-order valence-electron chi connectivity index (χ3n) is 1.76. The maximum atomic E-state index is 12.5. The molecule has 0 N–H and O–H groups in total. The molecule has 2 heterocycles. The Morgan fingerprint density at radius 3 is 2.57 bits per heavy atom. The van der Waals surface area contributed by atoms with E-state index in [-0.39, 0.29) is 5.52 Å². The predicted octanol–water partition coefficient (Wildman–Crippen LogP) is 2.49. The normalized spacial score (nSPS) is 12.3. The van der Waals surface area contributed by atoms with Gasteiger partial charge in [0.1, 0.15) is 0 Å². The highest BCUT2D eigenvalue weighted by molar-refractivity contribution is 5.46. The molecule has 0 atom stereocenters. The van der Waals surface area contributed by atoms with Gasteiger partial charge in [0.2, 0.25) is 5.95 Å². The topological polar surface area (TPSA) is 17.3 Å². The molecule has 0 amide bonds. The van der Waals surface area contributed by atoms with Gasteiger partial charge < -0.3 is 0 Å². The van der Waals surface area contributed by atoms with E-state index in [0.717, 1.165) is 22.8 Å². The SMILES string of the molecule is Fc1cc2ccc(C(F)(F)F)cn2n1. The van der Waals surface area contributed by atoms with Gasteiger partial charge in [-0.05, 0) is 12.1 Å². The van der Waals surface area contributed by atoms with Gasteiger partial charge in [-0.1, -0.05) is 0 Å². The standard InChI is InChI=1S/C8H4F4N2/c9-7-3-6-2-1-5(8(10,11)12)4-14(6)13-7/h1-4H. The van der Waals surface area contributed by atoms with Crippen LogP contribution in [0.15, 0.2) is 24.4 Å². The number of pyridine rings is 1. The van der Waals surface area contributed by atoms with E-state index in [1.165, 1.54) is 6.07 Å². The molecule has 0 spiro atoms.